The van der Waals surface area contributed by atoms with Crippen LogP contribution in [0.3, 0.4) is 0 Å². The SMILES string of the molecule is CC(C)n1cnnc1S[C@H](C(=O)Nc1ccc(F)cc1)c1ccccc1. The fourth-order valence-corrected chi connectivity index (χ4v) is 3.56. The summed E-state index contributed by atoms with van der Waals surface area (Å²) in [6.45, 7) is 4.06. The second-order valence-electron chi connectivity index (χ2n) is 6.02. The minimum atomic E-state index is -0.511. The van der Waals surface area contributed by atoms with E-state index in [9.17, 15) is 9.18 Å². The van der Waals surface area contributed by atoms with E-state index in [1.807, 2.05) is 48.7 Å². The molecule has 0 saturated carbocycles. The molecule has 0 aliphatic heterocycles. The maximum absolute atomic E-state index is 13.1. The van der Waals surface area contributed by atoms with E-state index in [1.165, 1.54) is 36.0 Å². The molecule has 26 heavy (non-hydrogen) atoms. The smallest absolute Gasteiger partial charge is 0.242 e. The molecule has 1 aromatic heterocycles. The summed E-state index contributed by atoms with van der Waals surface area (Å²) in [5.41, 5.74) is 1.40. The van der Waals surface area contributed by atoms with Gasteiger partial charge in [0.25, 0.3) is 0 Å². The number of aromatic nitrogens is 3. The molecule has 3 rings (SSSR count). The zero-order valence-electron chi connectivity index (χ0n) is 14.5. The monoisotopic (exact) mass is 370 g/mol. The first-order chi connectivity index (χ1) is 12.5. The highest BCUT2D eigenvalue weighted by Gasteiger charge is 2.25. The van der Waals surface area contributed by atoms with Crippen molar-refractivity contribution in [2.75, 3.05) is 5.32 Å². The minimum absolute atomic E-state index is 0.184. The summed E-state index contributed by atoms with van der Waals surface area (Å²) in [5.74, 6) is -0.548. The van der Waals surface area contributed by atoms with E-state index < -0.39 is 5.25 Å². The van der Waals surface area contributed by atoms with Gasteiger partial charge in [0, 0.05) is 11.7 Å². The number of hydrogen-bond donors (Lipinski definition) is 1. The van der Waals surface area contributed by atoms with Crippen LogP contribution >= 0.6 is 11.8 Å². The molecular formula is C19H19FN4OS. The molecular weight excluding hydrogens is 351 g/mol. The van der Waals surface area contributed by atoms with E-state index in [2.05, 4.69) is 15.5 Å². The first-order valence-corrected chi connectivity index (χ1v) is 9.10. The molecule has 0 aliphatic rings. The van der Waals surface area contributed by atoms with Gasteiger partial charge in [-0.2, -0.15) is 0 Å². The van der Waals surface area contributed by atoms with Crippen LogP contribution in [-0.4, -0.2) is 20.7 Å². The van der Waals surface area contributed by atoms with Crippen LogP contribution in [0.15, 0.2) is 66.1 Å². The lowest BCUT2D eigenvalue weighted by atomic mass is 10.1. The number of carbonyl (C=O) groups excluding carboxylic acids is 1. The van der Waals surface area contributed by atoms with Crippen LogP contribution in [-0.2, 0) is 4.79 Å². The van der Waals surface area contributed by atoms with Gasteiger partial charge in [0.05, 0.1) is 0 Å². The lowest BCUT2D eigenvalue weighted by molar-refractivity contribution is -0.115. The lowest BCUT2D eigenvalue weighted by Gasteiger charge is -2.18. The van der Waals surface area contributed by atoms with Crippen molar-refractivity contribution in [1.29, 1.82) is 0 Å². The molecule has 1 heterocycles. The normalized spacial score (nSPS) is 12.2. The summed E-state index contributed by atoms with van der Waals surface area (Å²) in [7, 11) is 0. The van der Waals surface area contributed by atoms with Gasteiger partial charge in [-0.1, -0.05) is 42.1 Å². The number of benzene rings is 2. The third-order valence-corrected chi connectivity index (χ3v) is 5.00. The van der Waals surface area contributed by atoms with Crippen molar-refractivity contribution in [3.05, 3.63) is 72.3 Å². The van der Waals surface area contributed by atoms with Crippen molar-refractivity contribution in [2.24, 2.45) is 0 Å². The number of anilines is 1. The molecule has 5 nitrogen and oxygen atoms in total. The largest absolute Gasteiger partial charge is 0.325 e. The Morgan fingerprint density at radius 1 is 1.12 bits per heavy atom. The van der Waals surface area contributed by atoms with Crippen LogP contribution in [0.25, 0.3) is 0 Å². The number of amides is 1. The van der Waals surface area contributed by atoms with Gasteiger partial charge in [-0.25, -0.2) is 4.39 Å². The summed E-state index contributed by atoms with van der Waals surface area (Å²) in [6.07, 6.45) is 1.66. The van der Waals surface area contributed by atoms with Gasteiger partial charge in [0.15, 0.2) is 5.16 Å². The number of nitrogens with zero attached hydrogens (tertiary/aromatic N) is 3. The maximum Gasteiger partial charge on any atom is 0.242 e. The molecule has 1 amide bonds. The topological polar surface area (TPSA) is 59.8 Å². The fraction of sp³-hybridized carbons (Fsp3) is 0.211. The molecule has 0 aliphatic carbocycles. The van der Waals surface area contributed by atoms with Gasteiger partial charge in [-0.3, -0.25) is 4.79 Å². The molecule has 0 unspecified atom stereocenters. The van der Waals surface area contributed by atoms with E-state index >= 15 is 0 Å². The molecule has 0 radical (unpaired) electrons. The molecule has 7 heteroatoms. The molecule has 0 bridgehead atoms. The van der Waals surface area contributed by atoms with Crippen LogP contribution in [0, 0.1) is 5.82 Å². The first kappa shape index (κ1) is 18.1. The van der Waals surface area contributed by atoms with Crippen molar-refractivity contribution in [3.63, 3.8) is 0 Å². The lowest BCUT2D eigenvalue weighted by Crippen LogP contribution is -2.19. The van der Waals surface area contributed by atoms with Crippen LogP contribution in [0.2, 0.25) is 0 Å². The summed E-state index contributed by atoms with van der Waals surface area (Å²) in [5, 5.41) is 11.1. The number of thioether (sulfide) groups is 1. The summed E-state index contributed by atoms with van der Waals surface area (Å²) in [4.78, 5) is 12.9. The second-order valence-corrected chi connectivity index (χ2v) is 7.09. The molecule has 0 spiro atoms. The van der Waals surface area contributed by atoms with E-state index in [4.69, 9.17) is 0 Å². The van der Waals surface area contributed by atoms with Crippen LogP contribution in [0.5, 0.6) is 0 Å². The van der Waals surface area contributed by atoms with E-state index in [-0.39, 0.29) is 17.8 Å². The Hall–Kier alpha value is -2.67. The number of rotatable bonds is 6. The Morgan fingerprint density at radius 2 is 1.81 bits per heavy atom. The first-order valence-electron chi connectivity index (χ1n) is 8.22. The van der Waals surface area contributed by atoms with Gasteiger partial charge < -0.3 is 9.88 Å². The molecule has 0 saturated heterocycles. The van der Waals surface area contributed by atoms with Crippen molar-refractivity contribution in [3.8, 4) is 0 Å². The van der Waals surface area contributed by atoms with Gasteiger partial charge in [-0.05, 0) is 43.7 Å². The zero-order chi connectivity index (χ0) is 18.5. The number of carbonyl (C=O) groups is 1. The van der Waals surface area contributed by atoms with Crippen LogP contribution in [0.4, 0.5) is 10.1 Å². The van der Waals surface area contributed by atoms with Crippen molar-refractivity contribution in [2.45, 2.75) is 30.3 Å². The highest BCUT2D eigenvalue weighted by Crippen LogP contribution is 2.36. The van der Waals surface area contributed by atoms with Crippen LogP contribution in [0.1, 0.15) is 30.7 Å². The van der Waals surface area contributed by atoms with Crippen molar-refractivity contribution in [1.82, 2.24) is 14.8 Å². The van der Waals surface area contributed by atoms with Crippen LogP contribution < -0.4 is 5.32 Å². The van der Waals surface area contributed by atoms with Crippen molar-refractivity contribution >= 4 is 23.4 Å². The van der Waals surface area contributed by atoms with E-state index in [1.54, 1.807) is 6.33 Å². The van der Waals surface area contributed by atoms with Crippen molar-refractivity contribution < 1.29 is 9.18 Å². The Morgan fingerprint density at radius 3 is 2.46 bits per heavy atom. The number of hydrogen-bond acceptors (Lipinski definition) is 4. The Kier molecular flexibility index (Phi) is 5.68. The Balaban J connectivity index is 1.87. The quantitative estimate of drug-likeness (QED) is 0.651. The number of nitrogens with one attached hydrogen (secondary N) is 1. The highest BCUT2D eigenvalue weighted by atomic mass is 32.2. The average Bonchev–Trinajstić information content (AvgIpc) is 3.11. The summed E-state index contributed by atoms with van der Waals surface area (Å²) >= 11 is 1.34. The summed E-state index contributed by atoms with van der Waals surface area (Å²) < 4.78 is 15.0. The van der Waals surface area contributed by atoms with Gasteiger partial charge >= 0.3 is 0 Å². The fourth-order valence-electron chi connectivity index (χ4n) is 2.42. The Bertz CT molecular complexity index is 865. The zero-order valence-corrected chi connectivity index (χ0v) is 15.3. The standard InChI is InChI=1S/C19H19FN4OS/c1-13(2)24-12-21-23-19(24)26-17(14-6-4-3-5-7-14)18(25)22-16-10-8-15(20)9-11-16/h3-13,17H,1-2H3,(H,22,25)/t17-/m0/s1. The molecule has 1 N–H and O–H groups in total. The summed E-state index contributed by atoms with van der Waals surface area (Å²) in [6, 6.07) is 15.4. The third kappa shape index (κ3) is 4.29. The van der Waals surface area contributed by atoms with E-state index in [0.717, 1.165) is 5.56 Å². The van der Waals surface area contributed by atoms with Gasteiger partial charge in [-0.15, -0.1) is 10.2 Å². The van der Waals surface area contributed by atoms with Gasteiger partial charge in [0.1, 0.15) is 17.4 Å². The third-order valence-electron chi connectivity index (χ3n) is 3.77. The maximum atomic E-state index is 13.1. The minimum Gasteiger partial charge on any atom is -0.325 e. The molecule has 3 aromatic rings. The second kappa shape index (κ2) is 8.14. The molecule has 2 aromatic carbocycles. The van der Waals surface area contributed by atoms with E-state index in [0.29, 0.717) is 10.8 Å². The predicted octanol–water partition coefficient (Wildman–Crippen LogP) is 4.47. The molecule has 1 atom stereocenters. The molecule has 0 fully saturated rings. The Labute approximate surface area is 155 Å². The average molecular weight is 370 g/mol. The highest BCUT2D eigenvalue weighted by molar-refractivity contribution is 8.00. The van der Waals surface area contributed by atoms with Gasteiger partial charge in [0.2, 0.25) is 5.91 Å². The predicted molar refractivity (Wildman–Crippen MR) is 100 cm³/mol. The molecule has 134 valence electrons. The number of halogens is 1.